The van der Waals surface area contributed by atoms with Crippen LogP contribution in [-0.2, 0) is 0 Å². The highest BCUT2D eigenvalue weighted by molar-refractivity contribution is 6.09. The van der Waals surface area contributed by atoms with E-state index < -0.39 is 0 Å². The van der Waals surface area contributed by atoms with Gasteiger partial charge in [0, 0.05) is 11.1 Å². The summed E-state index contributed by atoms with van der Waals surface area (Å²) in [5.41, 5.74) is 2.31. The largest absolute Gasteiger partial charge is 0.493 e. The van der Waals surface area contributed by atoms with E-state index in [1.165, 1.54) is 85.8 Å². The summed E-state index contributed by atoms with van der Waals surface area (Å²) in [5, 5.41) is 4.89. The molecule has 0 amide bonds. The van der Waals surface area contributed by atoms with Crippen molar-refractivity contribution < 1.29 is 9.47 Å². The molecule has 0 atom stereocenters. The molecule has 0 N–H and O–H groups in total. The Hall–Kier alpha value is -3.00. The average molecular weight is 511 g/mol. The van der Waals surface area contributed by atoms with Gasteiger partial charge in [0.25, 0.3) is 0 Å². The second kappa shape index (κ2) is 15.4. The van der Waals surface area contributed by atoms with E-state index in [0.29, 0.717) is 0 Å². The Labute approximate surface area is 230 Å². The third-order valence-electron chi connectivity index (χ3n) is 7.54. The van der Waals surface area contributed by atoms with Gasteiger partial charge in [0.1, 0.15) is 11.5 Å². The fourth-order valence-corrected chi connectivity index (χ4v) is 5.39. The first-order valence-electron chi connectivity index (χ1n) is 15.1. The van der Waals surface area contributed by atoms with Crippen LogP contribution in [0.4, 0.5) is 0 Å². The van der Waals surface area contributed by atoms with Crippen LogP contribution in [0.15, 0.2) is 72.8 Å². The number of ether oxygens (including phenoxy) is 2. The molecular formula is C36H46O2. The summed E-state index contributed by atoms with van der Waals surface area (Å²) >= 11 is 0. The Balaban J connectivity index is 1.64. The molecule has 0 radical (unpaired) electrons. The fraction of sp³-hybridized carbons (Fsp3) is 0.444. The molecule has 0 aliphatic rings. The second-order valence-electron chi connectivity index (χ2n) is 10.6. The lowest BCUT2D eigenvalue weighted by Gasteiger charge is -2.20. The number of benzene rings is 4. The summed E-state index contributed by atoms with van der Waals surface area (Å²) in [7, 11) is 0. The summed E-state index contributed by atoms with van der Waals surface area (Å²) in [6, 6.07) is 26.0. The molecule has 0 aromatic heterocycles. The Bertz CT molecular complexity index is 1160. The van der Waals surface area contributed by atoms with Crippen LogP contribution in [0.3, 0.4) is 0 Å². The van der Waals surface area contributed by atoms with Crippen molar-refractivity contribution in [2.24, 2.45) is 0 Å². The van der Waals surface area contributed by atoms with Crippen LogP contribution in [0, 0.1) is 0 Å². The predicted octanol–water partition coefficient (Wildman–Crippen LogP) is 11.1. The van der Waals surface area contributed by atoms with Crippen LogP contribution in [-0.4, -0.2) is 13.2 Å². The first kappa shape index (κ1) is 28.0. The lowest BCUT2D eigenvalue weighted by molar-refractivity contribution is 0.302. The van der Waals surface area contributed by atoms with E-state index in [4.69, 9.17) is 9.47 Å². The maximum Gasteiger partial charge on any atom is 0.127 e. The third kappa shape index (κ3) is 7.53. The maximum atomic E-state index is 6.54. The second-order valence-corrected chi connectivity index (χ2v) is 10.6. The first-order valence-corrected chi connectivity index (χ1v) is 15.1. The summed E-state index contributed by atoms with van der Waals surface area (Å²) in [6.07, 6.45) is 15.1. The molecule has 0 unspecified atom stereocenters. The number of rotatable bonds is 17. The molecule has 0 saturated carbocycles. The van der Waals surface area contributed by atoms with Crippen molar-refractivity contribution in [2.75, 3.05) is 13.2 Å². The normalized spacial score (nSPS) is 11.3. The van der Waals surface area contributed by atoms with Gasteiger partial charge in [0.2, 0.25) is 0 Å². The van der Waals surface area contributed by atoms with E-state index in [-0.39, 0.29) is 0 Å². The summed E-state index contributed by atoms with van der Waals surface area (Å²) in [5.74, 6) is 1.91. The van der Waals surface area contributed by atoms with Crippen LogP contribution in [0.1, 0.15) is 90.9 Å². The van der Waals surface area contributed by atoms with Crippen LogP contribution >= 0.6 is 0 Å². The van der Waals surface area contributed by atoms with Crippen LogP contribution in [0.2, 0.25) is 0 Å². The predicted molar refractivity (Wildman–Crippen MR) is 165 cm³/mol. The van der Waals surface area contributed by atoms with E-state index in [0.717, 1.165) is 48.7 Å². The molecule has 0 spiro atoms. The Morgan fingerprint density at radius 1 is 0.421 bits per heavy atom. The minimum absolute atomic E-state index is 0.746. The topological polar surface area (TPSA) is 18.5 Å². The van der Waals surface area contributed by atoms with Crippen LogP contribution < -0.4 is 9.47 Å². The fourth-order valence-electron chi connectivity index (χ4n) is 5.39. The molecular weight excluding hydrogens is 464 g/mol. The smallest absolute Gasteiger partial charge is 0.127 e. The average Bonchev–Trinajstić information content (AvgIpc) is 2.96. The lowest BCUT2D eigenvalue weighted by atomic mass is 9.92. The van der Waals surface area contributed by atoms with E-state index >= 15 is 0 Å². The molecule has 0 heterocycles. The monoisotopic (exact) mass is 510 g/mol. The van der Waals surface area contributed by atoms with Gasteiger partial charge in [-0.05, 0) is 46.5 Å². The van der Waals surface area contributed by atoms with Gasteiger partial charge in [-0.2, -0.15) is 0 Å². The molecule has 4 aromatic rings. The van der Waals surface area contributed by atoms with Crippen molar-refractivity contribution in [2.45, 2.75) is 90.9 Å². The lowest BCUT2D eigenvalue weighted by Crippen LogP contribution is -2.02. The van der Waals surface area contributed by atoms with Crippen molar-refractivity contribution in [3.05, 3.63) is 72.8 Å². The number of hydrogen-bond donors (Lipinski definition) is 0. The molecule has 0 bridgehead atoms. The van der Waals surface area contributed by atoms with E-state index in [1.54, 1.807) is 0 Å². The molecule has 202 valence electrons. The highest BCUT2D eigenvalue weighted by atomic mass is 16.5. The molecule has 2 nitrogen and oxygen atoms in total. The van der Waals surface area contributed by atoms with Crippen LogP contribution in [0.5, 0.6) is 11.5 Å². The Morgan fingerprint density at radius 3 is 1.26 bits per heavy atom. The minimum atomic E-state index is 0.746. The SMILES string of the molecule is CCCCCCCCOc1ccc2ccccc2c1-c1c(OCCCCCCCC)ccc2ccccc12. The van der Waals surface area contributed by atoms with Gasteiger partial charge in [-0.15, -0.1) is 0 Å². The Morgan fingerprint density at radius 2 is 0.816 bits per heavy atom. The van der Waals surface area contributed by atoms with Crippen molar-refractivity contribution in [3.8, 4) is 22.6 Å². The van der Waals surface area contributed by atoms with E-state index in [9.17, 15) is 0 Å². The molecule has 38 heavy (non-hydrogen) atoms. The molecule has 0 saturated heterocycles. The highest BCUT2D eigenvalue weighted by Crippen LogP contribution is 2.45. The number of unbranched alkanes of at least 4 members (excludes halogenated alkanes) is 10. The van der Waals surface area contributed by atoms with Gasteiger partial charge in [0.15, 0.2) is 0 Å². The standard InChI is InChI=1S/C36H46O2/c1-3-5-7-9-11-17-27-37-33-25-23-29-19-13-15-21-31(29)35(33)36-32-22-16-14-20-30(32)24-26-34(36)38-28-18-12-10-8-6-4-2/h13-16,19-26H,3-12,17-18,27-28H2,1-2H3. The third-order valence-corrected chi connectivity index (χ3v) is 7.54. The van der Waals surface area contributed by atoms with E-state index in [1.807, 2.05) is 0 Å². The minimum Gasteiger partial charge on any atom is -0.493 e. The molecule has 4 rings (SSSR count). The molecule has 2 heteroatoms. The van der Waals surface area contributed by atoms with Crippen LogP contribution in [0.25, 0.3) is 32.7 Å². The summed E-state index contributed by atoms with van der Waals surface area (Å²) < 4.78 is 13.1. The Kier molecular flexibility index (Phi) is 11.4. The number of hydrogen-bond acceptors (Lipinski definition) is 2. The van der Waals surface area contributed by atoms with Crippen molar-refractivity contribution >= 4 is 21.5 Å². The molecule has 0 aliphatic carbocycles. The van der Waals surface area contributed by atoms with Gasteiger partial charge in [-0.1, -0.05) is 139 Å². The quantitative estimate of drug-likeness (QED) is 0.131. The molecule has 0 fully saturated rings. The zero-order valence-corrected chi connectivity index (χ0v) is 23.6. The van der Waals surface area contributed by atoms with Gasteiger partial charge < -0.3 is 9.47 Å². The summed E-state index contributed by atoms with van der Waals surface area (Å²) in [6.45, 7) is 6.03. The molecule has 0 aliphatic heterocycles. The maximum absolute atomic E-state index is 6.54. The zero-order valence-electron chi connectivity index (χ0n) is 23.6. The van der Waals surface area contributed by atoms with Crippen molar-refractivity contribution in [3.63, 3.8) is 0 Å². The first-order chi connectivity index (χ1) is 18.8. The van der Waals surface area contributed by atoms with Gasteiger partial charge in [-0.3, -0.25) is 0 Å². The van der Waals surface area contributed by atoms with Gasteiger partial charge in [-0.25, -0.2) is 0 Å². The van der Waals surface area contributed by atoms with Crippen molar-refractivity contribution in [1.29, 1.82) is 0 Å². The molecule has 4 aromatic carbocycles. The van der Waals surface area contributed by atoms with Gasteiger partial charge >= 0.3 is 0 Å². The zero-order chi connectivity index (χ0) is 26.4. The number of fused-ring (bicyclic) bond motifs is 2. The van der Waals surface area contributed by atoms with Crippen molar-refractivity contribution in [1.82, 2.24) is 0 Å². The van der Waals surface area contributed by atoms with E-state index in [2.05, 4.69) is 86.6 Å². The highest BCUT2D eigenvalue weighted by Gasteiger charge is 2.19. The summed E-state index contributed by atoms with van der Waals surface area (Å²) in [4.78, 5) is 0. The van der Waals surface area contributed by atoms with Gasteiger partial charge in [0.05, 0.1) is 13.2 Å².